The van der Waals surface area contributed by atoms with Crippen LogP contribution in [0.15, 0.2) is 11.0 Å². The normalized spacial score (nSPS) is 28.8. The van der Waals surface area contributed by atoms with Crippen molar-refractivity contribution in [3.05, 3.63) is 22.5 Å². The number of nitrogens with two attached hydrogens (primary N) is 1. The molecule has 172 valence electrons. The van der Waals surface area contributed by atoms with Crippen molar-refractivity contribution in [3.63, 3.8) is 0 Å². The van der Waals surface area contributed by atoms with Gasteiger partial charge in [0.25, 0.3) is 0 Å². The molecular formula is C9H15FN3O14P3. The van der Waals surface area contributed by atoms with E-state index in [1.807, 2.05) is 0 Å². The van der Waals surface area contributed by atoms with Crippen LogP contribution in [0, 0.1) is 5.82 Å². The number of halogens is 1. The molecule has 17 nitrogen and oxygen atoms in total. The number of anilines is 1. The van der Waals surface area contributed by atoms with Crippen molar-refractivity contribution < 1.29 is 65.8 Å². The molecule has 0 aromatic carbocycles. The standard InChI is InChI=1S/C9H15FN3O14P3/c10-3-1-13(9(16)12-7(3)11)8-6(15)5(14)4(25-8)2-24-29(20,21)27-30(22,23)26-28(17,18)19/h1,4-6,8,14-15H,2H2,(H,20,21)(H,22,23)(H2,11,12,16)(H2,17,18,19)/t4-,5+,6?,8-/m1/s1. The molecule has 0 spiro atoms. The fourth-order valence-corrected chi connectivity index (χ4v) is 5.24. The van der Waals surface area contributed by atoms with Crippen molar-refractivity contribution in [1.82, 2.24) is 9.55 Å². The van der Waals surface area contributed by atoms with Crippen molar-refractivity contribution in [3.8, 4) is 0 Å². The third-order valence-electron chi connectivity index (χ3n) is 3.36. The van der Waals surface area contributed by atoms with E-state index in [2.05, 4.69) is 18.1 Å². The number of nitrogens with zero attached hydrogens (tertiary/aromatic N) is 2. The van der Waals surface area contributed by atoms with E-state index in [0.29, 0.717) is 10.8 Å². The van der Waals surface area contributed by atoms with Crippen LogP contribution in [0.25, 0.3) is 0 Å². The Hall–Kier alpha value is -1.10. The van der Waals surface area contributed by atoms with Gasteiger partial charge in [0, 0.05) is 0 Å². The maximum Gasteiger partial charge on any atom is 0.490 e. The Kier molecular flexibility index (Phi) is 7.38. The second-order valence-electron chi connectivity index (χ2n) is 5.60. The van der Waals surface area contributed by atoms with Crippen molar-refractivity contribution in [2.24, 2.45) is 0 Å². The van der Waals surface area contributed by atoms with E-state index < -0.39 is 71.9 Å². The van der Waals surface area contributed by atoms with Gasteiger partial charge in [-0.3, -0.25) is 9.09 Å². The number of aromatic nitrogens is 2. The first kappa shape index (κ1) is 25.2. The highest BCUT2D eigenvalue weighted by atomic mass is 31.3. The summed E-state index contributed by atoms with van der Waals surface area (Å²) in [6.45, 7) is -1.11. The fourth-order valence-electron chi connectivity index (χ4n) is 2.21. The molecule has 1 aromatic heterocycles. The SMILES string of the molecule is Nc1nc(=O)n([C@@H]2O[C@H](COP(=O)(O)OP(=O)(O)OP(=O)(O)O)[C@H](O)C2O)cc1F. The molecule has 1 fully saturated rings. The number of ether oxygens (including phenoxy) is 1. The first-order chi connectivity index (χ1) is 13.5. The van der Waals surface area contributed by atoms with Crippen LogP contribution >= 0.6 is 23.5 Å². The van der Waals surface area contributed by atoms with Crippen LogP contribution in [0.3, 0.4) is 0 Å². The van der Waals surface area contributed by atoms with Crippen molar-refractivity contribution >= 4 is 29.3 Å². The molecule has 1 aliphatic rings. The molecule has 2 rings (SSSR count). The third-order valence-corrected chi connectivity index (χ3v) is 7.17. The molecule has 6 atom stereocenters. The molecule has 0 aliphatic carbocycles. The Morgan fingerprint density at radius 3 is 2.30 bits per heavy atom. The van der Waals surface area contributed by atoms with E-state index in [1.165, 1.54) is 0 Å². The van der Waals surface area contributed by atoms with Gasteiger partial charge in [-0.25, -0.2) is 22.9 Å². The smallest absolute Gasteiger partial charge is 0.387 e. The fraction of sp³-hybridized carbons (Fsp3) is 0.556. The van der Waals surface area contributed by atoms with Gasteiger partial charge in [-0.2, -0.15) is 13.6 Å². The summed E-state index contributed by atoms with van der Waals surface area (Å²) in [5, 5.41) is 19.9. The summed E-state index contributed by atoms with van der Waals surface area (Å²) in [5.74, 6) is -1.90. The monoisotopic (exact) mass is 501 g/mol. The molecule has 1 saturated heterocycles. The quantitative estimate of drug-likeness (QED) is 0.188. The number of aliphatic hydroxyl groups is 2. The Morgan fingerprint density at radius 1 is 1.13 bits per heavy atom. The van der Waals surface area contributed by atoms with Gasteiger partial charge in [-0.05, 0) is 0 Å². The zero-order valence-corrected chi connectivity index (χ0v) is 16.9. The summed E-state index contributed by atoms with van der Waals surface area (Å²) < 4.78 is 63.7. The van der Waals surface area contributed by atoms with E-state index in [-0.39, 0.29) is 0 Å². The average Bonchev–Trinajstić information content (AvgIpc) is 2.81. The Balaban J connectivity index is 2.09. The second-order valence-corrected chi connectivity index (χ2v) is 10.0. The van der Waals surface area contributed by atoms with E-state index in [0.717, 1.165) is 0 Å². The lowest BCUT2D eigenvalue weighted by molar-refractivity contribution is -0.0545. The first-order valence-electron chi connectivity index (χ1n) is 7.35. The third kappa shape index (κ3) is 6.45. The molecule has 8 N–H and O–H groups in total. The van der Waals surface area contributed by atoms with Crippen molar-refractivity contribution in [2.45, 2.75) is 24.5 Å². The Labute approximate surface area is 164 Å². The van der Waals surface area contributed by atoms with Gasteiger partial charge in [-0.15, -0.1) is 0 Å². The van der Waals surface area contributed by atoms with E-state index >= 15 is 0 Å². The zero-order valence-electron chi connectivity index (χ0n) is 14.2. The maximum atomic E-state index is 13.5. The van der Waals surface area contributed by atoms with E-state index in [1.54, 1.807) is 0 Å². The number of rotatable bonds is 8. The lowest BCUT2D eigenvalue weighted by atomic mass is 10.1. The average molecular weight is 501 g/mol. The van der Waals surface area contributed by atoms with Gasteiger partial charge in [0.2, 0.25) is 0 Å². The van der Waals surface area contributed by atoms with Crippen LogP contribution in [0.4, 0.5) is 10.2 Å². The number of hydrogen-bond donors (Lipinski definition) is 7. The highest BCUT2D eigenvalue weighted by molar-refractivity contribution is 7.66. The number of aliphatic hydroxyl groups excluding tert-OH is 2. The van der Waals surface area contributed by atoms with Crippen LogP contribution in [0.5, 0.6) is 0 Å². The molecule has 2 heterocycles. The van der Waals surface area contributed by atoms with Gasteiger partial charge >= 0.3 is 29.2 Å². The molecule has 0 saturated carbocycles. The van der Waals surface area contributed by atoms with E-state index in [9.17, 15) is 38.0 Å². The van der Waals surface area contributed by atoms with Crippen LogP contribution in [-0.4, -0.2) is 64.3 Å². The second kappa shape index (κ2) is 8.80. The highest BCUT2D eigenvalue weighted by Gasteiger charge is 2.47. The minimum absolute atomic E-state index is 0.435. The lowest BCUT2D eigenvalue weighted by Gasteiger charge is -2.19. The van der Waals surface area contributed by atoms with Gasteiger partial charge < -0.3 is 40.3 Å². The molecule has 1 aromatic rings. The first-order valence-corrected chi connectivity index (χ1v) is 11.9. The summed E-state index contributed by atoms with van der Waals surface area (Å²) in [5.41, 5.74) is 3.95. The van der Waals surface area contributed by atoms with Crippen LogP contribution < -0.4 is 11.4 Å². The number of nitrogen functional groups attached to an aromatic ring is 1. The summed E-state index contributed by atoms with van der Waals surface area (Å²) in [7, 11) is -16.9. The molecule has 30 heavy (non-hydrogen) atoms. The van der Waals surface area contributed by atoms with Gasteiger partial charge in [-0.1, -0.05) is 0 Å². The van der Waals surface area contributed by atoms with Crippen LogP contribution in [0.1, 0.15) is 6.23 Å². The minimum Gasteiger partial charge on any atom is -0.387 e. The summed E-state index contributed by atoms with van der Waals surface area (Å²) >= 11 is 0. The maximum absolute atomic E-state index is 13.5. The molecule has 0 bridgehead atoms. The summed E-state index contributed by atoms with van der Waals surface area (Å²) in [6.07, 6.45) is -6.64. The minimum atomic E-state index is -5.76. The molecule has 21 heteroatoms. The van der Waals surface area contributed by atoms with Gasteiger partial charge in [0.05, 0.1) is 12.8 Å². The van der Waals surface area contributed by atoms with Crippen molar-refractivity contribution in [2.75, 3.05) is 12.3 Å². The highest BCUT2D eigenvalue weighted by Crippen LogP contribution is 2.66. The largest absolute Gasteiger partial charge is 0.490 e. The van der Waals surface area contributed by atoms with Crippen molar-refractivity contribution in [1.29, 1.82) is 0 Å². The molecule has 1 aliphatic heterocycles. The van der Waals surface area contributed by atoms with E-state index in [4.69, 9.17) is 25.2 Å². The van der Waals surface area contributed by atoms with Crippen LogP contribution in [-0.2, 0) is 31.6 Å². The zero-order chi connectivity index (χ0) is 23.1. The Morgan fingerprint density at radius 2 is 1.73 bits per heavy atom. The number of phosphoric acid groups is 3. The summed E-state index contributed by atoms with van der Waals surface area (Å²) in [4.78, 5) is 50.2. The molecule has 0 radical (unpaired) electrons. The predicted octanol–water partition coefficient (Wildman–Crippen LogP) is -2.07. The molecule has 0 amide bonds. The lowest BCUT2D eigenvalue weighted by Crippen LogP contribution is -2.36. The summed E-state index contributed by atoms with van der Waals surface area (Å²) in [6, 6.07) is 0. The van der Waals surface area contributed by atoms with Crippen LogP contribution in [0.2, 0.25) is 0 Å². The molecule has 3 unspecified atom stereocenters. The molecular weight excluding hydrogens is 486 g/mol. The van der Waals surface area contributed by atoms with Gasteiger partial charge in [0.15, 0.2) is 17.9 Å². The topological polar surface area (TPSA) is 270 Å². The number of phosphoric ester groups is 1. The Bertz CT molecular complexity index is 997. The predicted molar refractivity (Wildman–Crippen MR) is 88.6 cm³/mol. The van der Waals surface area contributed by atoms with Gasteiger partial charge in [0.1, 0.15) is 18.3 Å². The number of hydrogen-bond acceptors (Lipinski definition) is 12.